The van der Waals surface area contributed by atoms with E-state index in [0.29, 0.717) is 11.4 Å². The Bertz CT molecular complexity index is 404. The van der Waals surface area contributed by atoms with Gasteiger partial charge in [-0.3, -0.25) is 13.6 Å². The molecule has 0 fully saturated rings. The zero-order valence-electron chi connectivity index (χ0n) is 7.27. The fourth-order valence-electron chi connectivity index (χ4n) is 1.26. The minimum absolute atomic E-state index is 0.457. The SMILES string of the molecule is FB(F)n1cccc1/C=C1/C=CC=N1. The van der Waals surface area contributed by atoms with Crippen molar-refractivity contribution in [2.45, 2.75) is 0 Å². The van der Waals surface area contributed by atoms with E-state index in [1.54, 1.807) is 36.6 Å². The normalized spacial score (nSPS) is 16.9. The maximum absolute atomic E-state index is 12.4. The Hall–Kier alpha value is -1.65. The van der Waals surface area contributed by atoms with Gasteiger partial charge in [-0.25, -0.2) is 0 Å². The van der Waals surface area contributed by atoms with Gasteiger partial charge in [-0.15, -0.1) is 0 Å². The molecule has 70 valence electrons. The van der Waals surface area contributed by atoms with Crippen molar-refractivity contribution < 1.29 is 8.63 Å². The lowest BCUT2D eigenvalue weighted by atomic mass is 10.2. The number of aliphatic imine (C=N–C) groups is 1. The predicted molar refractivity (Wildman–Crippen MR) is 53.4 cm³/mol. The summed E-state index contributed by atoms with van der Waals surface area (Å²) in [5.74, 6) is 0. The molecular formula is C9H7BF2N2. The predicted octanol–water partition coefficient (Wildman–Crippen LogP) is 2.24. The van der Waals surface area contributed by atoms with Gasteiger partial charge in [0.1, 0.15) is 0 Å². The van der Waals surface area contributed by atoms with Gasteiger partial charge >= 0.3 is 7.40 Å². The standard InChI is InChI=1S/C9H7BF2N2/c11-10(12)14-6-2-4-9(14)7-8-3-1-5-13-8/h1-7H/b8-7-. The average molecular weight is 192 g/mol. The van der Waals surface area contributed by atoms with Crippen LogP contribution in [0.2, 0.25) is 0 Å². The summed E-state index contributed by atoms with van der Waals surface area (Å²) in [7, 11) is -2.51. The van der Waals surface area contributed by atoms with Crippen molar-refractivity contribution >= 4 is 19.7 Å². The molecule has 1 aromatic heterocycles. The third kappa shape index (κ3) is 1.66. The van der Waals surface area contributed by atoms with E-state index in [4.69, 9.17) is 0 Å². The molecule has 0 N–H and O–H groups in total. The van der Waals surface area contributed by atoms with E-state index in [1.165, 1.54) is 6.20 Å². The summed E-state index contributed by atoms with van der Waals surface area (Å²) in [6.07, 6.45) is 8.12. The molecule has 0 saturated heterocycles. The van der Waals surface area contributed by atoms with Crippen LogP contribution in [0.1, 0.15) is 5.69 Å². The third-order valence-electron chi connectivity index (χ3n) is 1.89. The molecule has 1 aliphatic rings. The molecule has 0 unspecified atom stereocenters. The van der Waals surface area contributed by atoms with Crippen molar-refractivity contribution in [3.05, 3.63) is 41.9 Å². The summed E-state index contributed by atoms with van der Waals surface area (Å²) in [4.78, 5) is 3.98. The highest BCUT2D eigenvalue weighted by atomic mass is 19.2. The summed E-state index contributed by atoms with van der Waals surface area (Å²) < 4.78 is 25.7. The summed E-state index contributed by atoms with van der Waals surface area (Å²) in [6.45, 7) is 0. The molecule has 0 saturated carbocycles. The van der Waals surface area contributed by atoms with Crippen molar-refractivity contribution in [2.24, 2.45) is 4.99 Å². The van der Waals surface area contributed by atoms with Gasteiger partial charge in [-0.05, 0) is 36.6 Å². The highest BCUT2D eigenvalue weighted by Crippen LogP contribution is 2.13. The van der Waals surface area contributed by atoms with Crippen LogP contribution < -0.4 is 0 Å². The van der Waals surface area contributed by atoms with Gasteiger partial charge in [0.2, 0.25) is 0 Å². The molecule has 2 rings (SSSR count). The number of hydrogen-bond acceptors (Lipinski definition) is 1. The molecule has 14 heavy (non-hydrogen) atoms. The molecule has 0 aromatic carbocycles. The molecule has 0 atom stereocenters. The van der Waals surface area contributed by atoms with Gasteiger partial charge < -0.3 is 4.48 Å². The Labute approximate surface area is 80.5 Å². The fourth-order valence-corrected chi connectivity index (χ4v) is 1.26. The first-order chi connectivity index (χ1) is 6.77. The van der Waals surface area contributed by atoms with Gasteiger partial charge in [-0.1, -0.05) is 0 Å². The van der Waals surface area contributed by atoms with Gasteiger partial charge in [0.05, 0.1) is 5.70 Å². The van der Waals surface area contributed by atoms with Gasteiger partial charge in [-0.2, -0.15) is 0 Å². The van der Waals surface area contributed by atoms with Crippen LogP contribution in [-0.2, 0) is 0 Å². The first kappa shape index (κ1) is 8.93. The molecule has 0 radical (unpaired) electrons. The average Bonchev–Trinajstić information content (AvgIpc) is 2.75. The van der Waals surface area contributed by atoms with Crippen LogP contribution in [-0.4, -0.2) is 18.1 Å². The van der Waals surface area contributed by atoms with Crippen molar-refractivity contribution in [1.82, 2.24) is 4.48 Å². The molecule has 2 nitrogen and oxygen atoms in total. The van der Waals surface area contributed by atoms with Gasteiger partial charge in [0.15, 0.2) is 0 Å². The van der Waals surface area contributed by atoms with Crippen LogP contribution in [0.4, 0.5) is 8.63 Å². The van der Waals surface area contributed by atoms with Crippen LogP contribution in [0.25, 0.3) is 6.08 Å². The van der Waals surface area contributed by atoms with E-state index in [-0.39, 0.29) is 0 Å². The van der Waals surface area contributed by atoms with E-state index in [0.717, 1.165) is 4.48 Å². The van der Waals surface area contributed by atoms with Crippen LogP contribution in [0.3, 0.4) is 0 Å². The number of rotatable bonds is 2. The Morgan fingerprint density at radius 2 is 2.29 bits per heavy atom. The quantitative estimate of drug-likeness (QED) is 0.639. The van der Waals surface area contributed by atoms with Crippen LogP contribution in [0.5, 0.6) is 0 Å². The molecule has 1 aliphatic heterocycles. The molecule has 0 aliphatic carbocycles. The van der Waals surface area contributed by atoms with Crippen LogP contribution >= 0.6 is 0 Å². The lowest BCUT2D eigenvalue weighted by Gasteiger charge is -2.00. The molecule has 0 bridgehead atoms. The summed E-state index contributed by atoms with van der Waals surface area (Å²) >= 11 is 0. The molecule has 5 heteroatoms. The van der Waals surface area contributed by atoms with E-state index < -0.39 is 7.40 Å². The second kappa shape index (κ2) is 3.61. The highest BCUT2D eigenvalue weighted by molar-refractivity contribution is 6.41. The largest absolute Gasteiger partial charge is 0.677 e. The number of halogens is 2. The van der Waals surface area contributed by atoms with Crippen molar-refractivity contribution in [3.8, 4) is 0 Å². The molecule has 0 spiro atoms. The van der Waals surface area contributed by atoms with Gasteiger partial charge in [0.25, 0.3) is 0 Å². The summed E-state index contributed by atoms with van der Waals surface area (Å²) in [5.41, 5.74) is 1.14. The Morgan fingerprint density at radius 1 is 1.43 bits per heavy atom. The van der Waals surface area contributed by atoms with E-state index in [9.17, 15) is 8.63 Å². The van der Waals surface area contributed by atoms with Crippen LogP contribution in [0.15, 0.2) is 41.2 Å². The number of hydrogen-bond donors (Lipinski definition) is 0. The summed E-state index contributed by atoms with van der Waals surface area (Å²) in [5, 5.41) is 0. The Balaban J connectivity index is 2.33. The first-order valence-corrected chi connectivity index (χ1v) is 4.15. The molecule has 2 heterocycles. The lowest BCUT2D eigenvalue weighted by Crippen LogP contribution is -2.12. The van der Waals surface area contributed by atoms with Crippen LogP contribution in [0, 0.1) is 0 Å². The smallest absolute Gasteiger partial charge is 0.332 e. The third-order valence-corrected chi connectivity index (χ3v) is 1.89. The van der Waals surface area contributed by atoms with E-state index >= 15 is 0 Å². The van der Waals surface area contributed by atoms with Crippen molar-refractivity contribution in [3.63, 3.8) is 0 Å². The Morgan fingerprint density at radius 3 is 2.93 bits per heavy atom. The minimum Gasteiger partial charge on any atom is -0.332 e. The summed E-state index contributed by atoms with van der Waals surface area (Å²) in [6, 6.07) is 3.21. The highest BCUT2D eigenvalue weighted by Gasteiger charge is 2.17. The number of aromatic nitrogens is 1. The maximum atomic E-state index is 12.4. The molecule has 0 amide bonds. The molecular weight excluding hydrogens is 185 g/mol. The minimum atomic E-state index is -2.51. The number of allylic oxidation sites excluding steroid dienone is 2. The monoisotopic (exact) mass is 192 g/mol. The lowest BCUT2D eigenvalue weighted by molar-refractivity contribution is 0.629. The zero-order chi connectivity index (χ0) is 9.97. The van der Waals surface area contributed by atoms with Crippen molar-refractivity contribution in [2.75, 3.05) is 0 Å². The topological polar surface area (TPSA) is 17.3 Å². The maximum Gasteiger partial charge on any atom is 0.677 e. The van der Waals surface area contributed by atoms with E-state index in [1.807, 2.05) is 0 Å². The van der Waals surface area contributed by atoms with E-state index in [2.05, 4.69) is 4.99 Å². The second-order valence-corrected chi connectivity index (χ2v) is 2.82. The van der Waals surface area contributed by atoms with Gasteiger partial charge in [0, 0.05) is 11.9 Å². The zero-order valence-corrected chi connectivity index (χ0v) is 7.27. The Kier molecular flexibility index (Phi) is 2.31. The number of nitrogens with zero attached hydrogens (tertiary/aromatic N) is 2. The molecule has 1 aromatic rings. The fraction of sp³-hybridized carbons (Fsp3) is 0. The first-order valence-electron chi connectivity index (χ1n) is 4.15. The van der Waals surface area contributed by atoms with Crippen molar-refractivity contribution in [1.29, 1.82) is 0 Å². The second-order valence-electron chi connectivity index (χ2n) is 2.82.